The molecule has 1 atom stereocenters. The van der Waals surface area contributed by atoms with Crippen molar-refractivity contribution in [3.05, 3.63) is 23.8 Å². The number of amides is 1. The van der Waals surface area contributed by atoms with Crippen LogP contribution in [0.5, 0.6) is 11.5 Å². The van der Waals surface area contributed by atoms with E-state index in [9.17, 15) is 4.79 Å². The number of ether oxygens (including phenoxy) is 3. The molecule has 0 aliphatic carbocycles. The molecule has 5 nitrogen and oxygen atoms in total. The van der Waals surface area contributed by atoms with Gasteiger partial charge in [0.15, 0.2) is 11.5 Å². The zero-order valence-corrected chi connectivity index (χ0v) is 12.2. The molecule has 0 radical (unpaired) electrons. The van der Waals surface area contributed by atoms with Crippen molar-refractivity contribution in [1.82, 2.24) is 4.90 Å². The Morgan fingerprint density at radius 3 is 2.75 bits per heavy atom. The van der Waals surface area contributed by atoms with Gasteiger partial charge in [-0.15, -0.1) is 0 Å². The predicted molar refractivity (Wildman–Crippen MR) is 75.2 cm³/mol. The molecule has 1 aromatic carbocycles. The fourth-order valence-electron chi connectivity index (χ4n) is 2.32. The number of morpholine rings is 1. The highest BCUT2D eigenvalue weighted by Crippen LogP contribution is 2.27. The van der Waals surface area contributed by atoms with Gasteiger partial charge in [0, 0.05) is 13.1 Å². The predicted octanol–water partition coefficient (Wildman–Crippen LogP) is 1.49. The highest BCUT2D eigenvalue weighted by Gasteiger charge is 2.21. The lowest BCUT2D eigenvalue weighted by molar-refractivity contribution is -0.137. The molecule has 0 N–H and O–H groups in total. The lowest BCUT2D eigenvalue weighted by Gasteiger charge is -2.31. The summed E-state index contributed by atoms with van der Waals surface area (Å²) in [5.41, 5.74) is 0.923. The van der Waals surface area contributed by atoms with Crippen molar-refractivity contribution >= 4 is 5.91 Å². The second-order valence-corrected chi connectivity index (χ2v) is 4.89. The molecule has 1 aliphatic heterocycles. The van der Waals surface area contributed by atoms with Crippen LogP contribution in [0.15, 0.2) is 18.2 Å². The number of carbonyl (C=O) groups excluding carboxylic acids is 1. The maximum atomic E-state index is 12.3. The molecule has 1 aliphatic rings. The van der Waals surface area contributed by atoms with E-state index < -0.39 is 0 Å². The molecule has 110 valence electrons. The van der Waals surface area contributed by atoms with Crippen LogP contribution in [-0.2, 0) is 16.0 Å². The molecule has 5 heteroatoms. The minimum Gasteiger partial charge on any atom is -0.493 e. The van der Waals surface area contributed by atoms with Gasteiger partial charge in [-0.3, -0.25) is 4.79 Å². The van der Waals surface area contributed by atoms with Gasteiger partial charge in [0.1, 0.15) is 0 Å². The Kier molecular flexibility index (Phi) is 4.84. The number of nitrogens with zero attached hydrogens (tertiary/aromatic N) is 1. The summed E-state index contributed by atoms with van der Waals surface area (Å²) < 4.78 is 15.9. The highest BCUT2D eigenvalue weighted by atomic mass is 16.5. The van der Waals surface area contributed by atoms with Gasteiger partial charge in [0.05, 0.1) is 33.4 Å². The Labute approximate surface area is 119 Å². The van der Waals surface area contributed by atoms with Crippen molar-refractivity contribution in [3.8, 4) is 11.5 Å². The van der Waals surface area contributed by atoms with Crippen LogP contribution in [0.25, 0.3) is 0 Å². The number of benzene rings is 1. The molecule has 1 amide bonds. The molecule has 1 fully saturated rings. The number of hydrogen-bond donors (Lipinski definition) is 0. The lowest BCUT2D eigenvalue weighted by Crippen LogP contribution is -2.45. The Morgan fingerprint density at radius 2 is 2.10 bits per heavy atom. The standard InChI is InChI=1S/C15H21NO4/c1-11-10-16(6-7-20-11)15(17)9-12-4-5-13(18-2)14(8-12)19-3/h4-5,8,11H,6-7,9-10H2,1-3H3/t11-/m1/s1. The third-order valence-corrected chi connectivity index (χ3v) is 3.40. The number of rotatable bonds is 4. The van der Waals surface area contributed by atoms with Crippen molar-refractivity contribution in [2.75, 3.05) is 33.9 Å². The fraction of sp³-hybridized carbons (Fsp3) is 0.533. The zero-order chi connectivity index (χ0) is 14.5. The van der Waals surface area contributed by atoms with Crippen molar-refractivity contribution < 1.29 is 19.0 Å². The lowest BCUT2D eigenvalue weighted by atomic mass is 10.1. The van der Waals surface area contributed by atoms with Gasteiger partial charge in [-0.2, -0.15) is 0 Å². The van der Waals surface area contributed by atoms with E-state index >= 15 is 0 Å². The van der Waals surface area contributed by atoms with E-state index in [-0.39, 0.29) is 12.0 Å². The van der Waals surface area contributed by atoms with E-state index in [1.54, 1.807) is 14.2 Å². The first-order valence-electron chi connectivity index (χ1n) is 6.74. The van der Waals surface area contributed by atoms with Crippen LogP contribution in [0, 0.1) is 0 Å². The number of carbonyl (C=O) groups is 1. The third-order valence-electron chi connectivity index (χ3n) is 3.40. The third kappa shape index (κ3) is 3.42. The molecule has 0 unspecified atom stereocenters. The summed E-state index contributed by atoms with van der Waals surface area (Å²) in [6.07, 6.45) is 0.477. The van der Waals surface area contributed by atoms with E-state index in [0.717, 1.165) is 5.56 Å². The van der Waals surface area contributed by atoms with E-state index in [1.165, 1.54) is 0 Å². The summed E-state index contributed by atoms with van der Waals surface area (Å²) in [6.45, 7) is 3.91. The molecule has 20 heavy (non-hydrogen) atoms. The molecule has 0 aromatic heterocycles. The molecule has 0 spiro atoms. The van der Waals surface area contributed by atoms with Crippen LogP contribution in [-0.4, -0.2) is 50.8 Å². The van der Waals surface area contributed by atoms with Crippen LogP contribution in [0.2, 0.25) is 0 Å². The minimum atomic E-state index is 0.109. The van der Waals surface area contributed by atoms with E-state index in [0.29, 0.717) is 37.6 Å². The average molecular weight is 279 g/mol. The smallest absolute Gasteiger partial charge is 0.227 e. The first-order chi connectivity index (χ1) is 9.63. The molecule has 2 rings (SSSR count). The highest BCUT2D eigenvalue weighted by molar-refractivity contribution is 5.79. The molecule has 1 aromatic rings. The van der Waals surface area contributed by atoms with E-state index in [2.05, 4.69) is 0 Å². The first-order valence-corrected chi connectivity index (χ1v) is 6.74. The number of hydrogen-bond acceptors (Lipinski definition) is 4. The van der Waals surface area contributed by atoms with Crippen molar-refractivity contribution in [3.63, 3.8) is 0 Å². The first kappa shape index (κ1) is 14.7. The monoisotopic (exact) mass is 279 g/mol. The van der Waals surface area contributed by atoms with Crippen LogP contribution >= 0.6 is 0 Å². The van der Waals surface area contributed by atoms with Crippen LogP contribution in [0.3, 0.4) is 0 Å². The summed E-state index contributed by atoms with van der Waals surface area (Å²) in [5, 5.41) is 0. The Morgan fingerprint density at radius 1 is 1.35 bits per heavy atom. The SMILES string of the molecule is COc1ccc(CC(=O)N2CCO[C@H](C)C2)cc1OC. The van der Waals surface area contributed by atoms with Crippen LogP contribution in [0.1, 0.15) is 12.5 Å². The van der Waals surface area contributed by atoms with Crippen molar-refractivity contribution in [2.24, 2.45) is 0 Å². The number of methoxy groups -OCH3 is 2. The van der Waals surface area contributed by atoms with Crippen molar-refractivity contribution in [2.45, 2.75) is 19.4 Å². The van der Waals surface area contributed by atoms with Crippen LogP contribution < -0.4 is 9.47 Å². The second kappa shape index (κ2) is 6.61. The van der Waals surface area contributed by atoms with Gasteiger partial charge < -0.3 is 19.1 Å². The van der Waals surface area contributed by atoms with Gasteiger partial charge >= 0.3 is 0 Å². The Hall–Kier alpha value is -1.75. The molecular formula is C15H21NO4. The van der Waals surface area contributed by atoms with Gasteiger partial charge in [-0.1, -0.05) is 6.07 Å². The maximum absolute atomic E-state index is 12.3. The maximum Gasteiger partial charge on any atom is 0.227 e. The van der Waals surface area contributed by atoms with Gasteiger partial charge in [-0.05, 0) is 24.6 Å². The largest absolute Gasteiger partial charge is 0.493 e. The zero-order valence-electron chi connectivity index (χ0n) is 12.2. The second-order valence-electron chi connectivity index (χ2n) is 4.89. The van der Waals surface area contributed by atoms with Crippen molar-refractivity contribution in [1.29, 1.82) is 0 Å². The molecule has 1 heterocycles. The Balaban J connectivity index is 2.03. The molecular weight excluding hydrogens is 258 g/mol. The molecule has 0 bridgehead atoms. The summed E-state index contributed by atoms with van der Waals surface area (Å²) in [7, 11) is 3.19. The molecule has 1 saturated heterocycles. The van der Waals surface area contributed by atoms with Gasteiger partial charge in [0.25, 0.3) is 0 Å². The van der Waals surface area contributed by atoms with E-state index in [1.807, 2.05) is 30.0 Å². The summed E-state index contributed by atoms with van der Waals surface area (Å²) in [5.74, 6) is 1.43. The summed E-state index contributed by atoms with van der Waals surface area (Å²) >= 11 is 0. The fourth-order valence-corrected chi connectivity index (χ4v) is 2.32. The van der Waals surface area contributed by atoms with E-state index in [4.69, 9.17) is 14.2 Å². The topological polar surface area (TPSA) is 48.0 Å². The minimum absolute atomic E-state index is 0.109. The van der Waals surface area contributed by atoms with Gasteiger partial charge in [-0.25, -0.2) is 0 Å². The summed E-state index contributed by atoms with van der Waals surface area (Å²) in [6, 6.07) is 5.56. The molecule has 0 saturated carbocycles. The van der Waals surface area contributed by atoms with Crippen LogP contribution in [0.4, 0.5) is 0 Å². The average Bonchev–Trinajstić information content (AvgIpc) is 2.47. The quantitative estimate of drug-likeness (QED) is 0.838. The van der Waals surface area contributed by atoms with Gasteiger partial charge in [0.2, 0.25) is 5.91 Å². The summed E-state index contributed by atoms with van der Waals surface area (Å²) in [4.78, 5) is 14.1. The normalized spacial score (nSPS) is 18.8. The Bertz CT molecular complexity index is 475.